The van der Waals surface area contributed by atoms with Crippen LogP contribution >= 0.6 is 11.6 Å². The van der Waals surface area contributed by atoms with Crippen LogP contribution in [-0.4, -0.2) is 31.8 Å². The first-order chi connectivity index (χ1) is 16.9. The number of hydrogen-bond donors (Lipinski definition) is 1. The summed E-state index contributed by atoms with van der Waals surface area (Å²) >= 11 is 5.63. The summed E-state index contributed by atoms with van der Waals surface area (Å²) < 4.78 is 73.0. The van der Waals surface area contributed by atoms with Crippen molar-refractivity contribution in [2.24, 2.45) is 0 Å². The number of anilines is 1. The standard InChI is InChI=1S/C25H24ClF3N2O4S/c1-3-35-23-12-10-20(13-17(23)2)36(33,34)31(15-18-7-5-4-6-8-18)16-24(32)30-19-9-11-22(26)21(14-19)25(27,28)29/h4-14H,3,15-16H2,1-2H3,(H,30,32). The molecule has 0 saturated heterocycles. The van der Waals surface area contributed by atoms with Crippen LogP contribution in [0.1, 0.15) is 23.6 Å². The first kappa shape index (κ1) is 27.5. The van der Waals surface area contributed by atoms with Gasteiger partial charge >= 0.3 is 6.18 Å². The molecule has 1 amide bonds. The second-order valence-electron chi connectivity index (χ2n) is 7.86. The summed E-state index contributed by atoms with van der Waals surface area (Å²) in [6, 6.07) is 15.9. The molecule has 0 spiro atoms. The van der Waals surface area contributed by atoms with E-state index in [-0.39, 0.29) is 17.1 Å². The van der Waals surface area contributed by atoms with Gasteiger partial charge in [-0.15, -0.1) is 0 Å². The lowest BCUT2D eigenvalue weighted by Gasteiger charge is -2.23. The van der Waals surface area contributed by atoms with Crippen LogP contribution in [0.15, 0.2) is 71.6 Å². The van der Waals surface area contributed by atoms with Gasteiger partial charge in [0.2, 0.25) is 15.9 Å². The number of carbonyl (C=O) groups excluding carboxylic acids is 1. The van der Waals surface area contributed by atoms with E-state index in [2.05, 4.69) is 5.32 Å². The van der Waals surface area contributed by atoms with E-state index >= 15 is 0 Å². The molecule has 3 rings (SSSR count). The number of nitrogens with zero attached hydrogens (tertiary/aromatic N) is 1. The quantitative estimate of drug-likeness (QED) is 0.367. The third-order valence-corrected chi connectivity index (χ3v) is 7.28. The molecule has 0 heterocycles. The zero-order valence-electron chi connectivity index (χ0n) is 19.5. The number of amides is 1. The number of carbonyl (C=O) groups is 1. The van der Waals surface area contributed by atoms with Crippen molar-refractivity contribution >= 4 is 33.2 Å². The summed E-state index contributed by atoms with van der Waals surface area (Å²) in [6.45, 7) is 3.17. The Morgan fingerprint density at radius 1 is 1.06 bits per heavy atom. The smallest absolute Gasteiger partial charge is 0.417 e. The molecule has 0 bridgehead atoms. The molecule has 3 aromatic rings. The highest BCUT2D eigenvalue weighted by Crippen LogP contribution is 2.36. The average Bonchev–Trinajstić information content (AvgIpc) is 2.81. The van der Waals surface area contributed by atoms with Crippen molar-refractivity contribution in [1.29, 1.82) is 0 Å². The molecular formula is C25H24ClF3N2O4S. The van der Waals surface area contributed by atoms with Gasteiger partial charge in [0.05, 0.1) is 28.6 Å². The number of aryl methyl sites for hydroxylation is 1. The van der Waals surface area contributed by atoms with Gasteiger partial charge in [-0.05, 0) is 61.4 Å². The van der Waals surface area contributed by atoms with Crippen molar-refractivity contribution in [3.63, 3.8) is 0 Å². The van der Waals surface area contributed by atoms with E-state index in [0.717, 1.165) is 10.4 Å². The van der Waals surface area contributed by atoms with Gasteiger partial charge in [-0.1, -0.05) is 41.9 Å². The fourth-order valence-electron chi connectivity index (χ4n) is 3.44. The number of ether oxygens (including phenoxy) is 1. The van der Waals surface area contributed by atoms with E-state index in [9.17, 15) is 26.4 Å². The van der Waals surface area contributed by atoms with Crippen molar-refractivity contribution in [2.45, 2.75) is 31.5 Å². The molecule has 0 aliphatic heterocycles. The van der Waals surface area contributed by atoms with Gasteiger partial charge in [0.15, 0.2) is 0 Å². The van der Waals surface area contributed by atoms with Crippen LogP contribution in [-0.2, 0) is 27.5 Å². The predicted molar refractivity (Wildman–Crippen MR) is 131 cm³/mol. The Morgan fingerprint density at radius 2 is 1.75 bits per heavy atom. The minimum atomic E-state index is -4.72. The molecule has 192 valence electrons. The highest BCUT2D eigenvalue weighted by molar-refractivity contribution is 7.89. The maximum Gasteiger partial charge on any atom is 0.417 e. The monoisotopic (exact) mass is 540 g/mol. The molecular weight excluding hydrogens is 517 g/mol. The highest BCUT2D eigenvalue weighted by Gasteiger charge is 2.34. The van der Waals surface area contributed by atoms with E-state index in [1.807, 2.05) is 6.92 Å². The van der Waals surface area contributed by atoms with Crippen molar-refractivity contribution in [1.82, 2.24) is 4.31 Å². The van der Waals surface area contributed by atoms with Crippen LogP contribution in [0, 0.1) is 6.92 Å². The molecule has 0 aromatic heterocycles. The maximum absolute atomic E-state index is 13.5. The van der Waals surface area contributed by atoms with E-state index in [4.69, 9.17) is 16.3 Å². The summed E-state index contributed by atoms with van der Waals surface area (Å²) in [6.07, 6.45) is -4.72. The Morgan fingerprint density at radius 3 is 2.36 bits per heavy atom. The SMILES string of the molecule is CCOc1ccc(S(=O)(=O)N(CC(=O)Nc2ccc(Cl)c(C(F)(F)F)c2)Cc2ccccc2)cc1C. The number of sulfonamides is 1. The zero-order chi connectivity index (χ0) is 26.5. The molecule has 0 radical (unpaired) electrons. The molecule has 1 N–H and O–H groups in total. The van der Waals surface area contributed by atoms with Gasteiger partial charge in [0.25, 0.3) is 0 Å². The molecule has 0 aliphatic rings. The summed E-state index contributed by atoms with van der Waals surface area (Å²) in [7, 11) is -4.16. The Kier molecular flexibility index (Phi) is 8.65. The molecule has 0 fully saturated rings. The van der Waals surface area contributed by atoms with Gasteiger partial charge < -0.3 is 10.1 Å². The van der Waals surface area contributed by atoms with Gasteiger partial charge in [-0.3, -0.25) is 4.79 Å². The van der Waals surface area contributed by atoms with Crippen LogP contribution in [0.4, 0.5) is 18.9 Å². The first-order valence-corrected chi connectivity index (χ1v) is 12.7. The summed E-state index contributed by atoms with van der Waals surface area (Å²) in [4.78, 5) is 12.7. The maximum atomic E-state index is 13.5. The molecule has 36 heavy (non-hydrogen) atoms. The minimum Gasteiger partial charge on any atom is -0.494 e. The van der Waals surface area contributed by atoms with Gasteiger partial charge in [0.1, 0.15) is 5.75 Å². The summed E-state index contributed by atoms with van der Waals surface area (Å²) in [5.41, 5.74) is -0.0449. The number of nitrogens with one attached hydrogen (secondary N) is 1. The number of halogens is 4. The fraction of sp³-hybridized carbons (Fsp3) is 0.240. The van der Waals surface area contributed by atoms with E-state index < -0.39 is 39.2 Å². The zero-order valence-corrected chi connectivity index (χ0v) is 21.0. The first-order valence-electron chi connectivity index (χ1n) is 10.9. The molecule has 11 heteroatoms. The number of benzene rings is 3. The Bertz CT molecular complexity index is 1330. The Balaban J connectivity index is 1.90. The molecule has 0 saturated carbocycles. The van der Waals surface area contributed by atoms with Gasteiger partial charge in [-0.25, -0.2) is 8.42 Å². The third kappa shape index (κ3) is 6.77. The largest absolute Gasteiger partial charge is 0.494 e. The van der Waals surface area contributed by atoms with Gasteiger partial charge in [-0.2, -0.15) is 17.5 Å². The number of hydrogen-bond acceptors (Lipinski definition) is 4. The van der Waals surface area contributed by atoms with Crippen LogP contribution < -0.4 is 10.1 Å². The van der Waals surface area contributed by atoms with E-state index in [1.165, 1.54) is 18.2 Å². The van der Waals surface area contributed by atoms with Crippen molar-refractivity contribution in [3.8, 4) is 5.75 Å². The summed E-state index contributed by atoms with van der Waals surface area (Å²) in [5.74, 6) is -0.278. The lowest BCUT2D eigenvalue weighted by atomic mass is 10.2. The Hall–Kier alpha value is -3.08. The Labute approximate surface area is 212 Å². The molecule has 0 aliphatic carbocycles. The molecule has 6 nitrogen and oxygen atoms in total. The lowest BCUT2D eigenvalue weighted by Crippen LogP contribution is -2.37. The van der Waals surface area contributed by atoms with Crippen molar-refractivity contribution < 1.29 is 31.1 Å². The van der Waals surface area contributed by atoms with Crippen LogP contribution in [0.3, 0.4) is 0 Å². The lowest BCUT2D eigenvalue weighted by molar-refractivity contribution is -0.137. The van der Waals surface area contributed by atoms with Crippen LogP contribution in [0.5, 0.6) is 5.75 Å². The number of alkyl halides is 3. The summed E-state index contributed by atoms with van der Waals surface area (Å²) in [5, 5.41) is 1.82. The van der Waals surface area contributed by atoms with Crippen molar-refractivity contribution in [3.05, 3.63) is 88.4 Å². The third-order valence-electron chi connectivity index (χ3n) is 5.16. The molecule has 0 atom stereocenters. The van der Waals surface area contributed by atoms with Crippen LogP contribution in [0.2, 0.25) is 5.02 Å². The predicted octanol–water partition coefficient (Wildman–Crippen LogP) is 5.90. The minimum absolute atomic E-state index is 0.0435. The van der Waals surface area contributed by atoms with Crippen LogP contribution in [0.25, 0.3) is 0 Å². The van der Waals surface area contributed by atoms with E-state index in [1.54, 1.807) is 43.3 Å². The molecule has 3 aromatic carbocycles. The highest BCUT2D eigenvalue weighted by atomic mass is 35.5. The van der Waals surface area contributed by atoms with Gasteiger partial charge in [0, 0.05) is 12.2 Å². The molecule has 0 unspecified atom stereocenters. The second kappa shape index (κ2) is 11.3. The average molecular weight is 541 g/mol. The number of rotatable bonds is 9. The van der Waals surface area contributed by atoms with E-state index in [0.29, 0.717) is 29.5 Å². The normalized spacial score (nSPS) is 12.0. The second-order valence-corrected chi connectivity index (χ2v) is 10.2. The van der Waals surface area contributed by atoms with Crippen molar-refractivity contribution in [2.75, 3.05) is 18.5 Å². The topological polar surface area (TPSA) is 75.7 Å². The fourth-order valence-corrected chi connectivity index (χ4v) is 5.14.